The van der Waals surface area contributed by atoms with Gasteiger partial charge >= 0.3 is 0 Å². The molecule has 2 N–H and O–H groups in total. The minimum atomic E-state index is -0.510. The van der Waals surface area contributed by atoms with Crippen LogP contribution in [0.1, 0.15) is 37.7 Å². The van der Waals surface area contributed by atoms with E-state index in [9.17, 15) is 9.59 Å². The van der Waals surface area contributed by atoms with Crippen LogP contribution in [0, 0.1) is 19.3 Å². The van der Waals surface area contributed by atoms with Crippen molar-refractivity contribution in [1.82, 2.24) is 20.4 Å². The summed E-state index contributed by atoms with van der Waals surface area (Å²) in [5.74, 6) is -0.365. The van der Waals surface area contributed by atoms with Gasteiger partial charge in [0.15, 0.2) is 0 Å². The van der Waals surface area contributed by atoms with Crippen LogP contribution < -0.4 is 10.6 Å². The summed E-state index contributed by atoms with van der Waals surface area (Å²) < 4.78 is 1.87. The van der Waals surface area contributed by atoms with E-state index in [0.717, 1.165) is 22.6 Å². The Hall–Kier alpha value is -2.63. The summed E-state index contributed by atoms with van der Waals surface area (Å²) in [6.45, 7) is 9.70. The summed E-state index contributed by atoms with van der Waals surface area (Å²) >= 11 is 0. The number of hydrogen-bond acceptors (Lipinski definition) is 3. The lowest BCUT2D eigenvalue weighted by molar-refractivity contribution is -0.131. The Morgan fingerprint density at radius 1 is 1.08 bits per heavy atom. The molecular formula is C19H26N4O2. The van der Waals surface area contributed by atoms with Gasteiger partial charge in [0.25, 0.3) is 0 Å². The van der Waals surface area contributed by atoms with E-state index in [1.807, 2.05) is 69.6 Å². The average molecular weight is 342 g/mol. The zero-order valence-electron chi connectivity index (χ0n) is 15.5. The minimum Gasteiger partial charge on any atom is -0.350 e. The average Bonchev–Trinajstić information content (AvgIpc) is 2.85. The van der Waals surface area contributed by atoms with Crippen LogP contribution in [0.15, 0.2) is 30.3 Å². The van der Waals surface area contributed by atoms with Gasteiger partial charge < -0.3 is 10.6 Å². The van der Waals surface area contributed by atoms with Crippen molar-refractivity contribution < 1.29 is 9.59 Å². The number of amides is 2. The second-order valence-electron chi connectivity index (χ2n) is 7.11. The van der Waals surface area contributed by atoms with Gasteiger partial charge in [-0.3, -0.25) is 9.59 Å². The van der Waals surface area contributed by atoms with Gasteiger partial charge in [-0.25, -0.2) is 4.68 Å². The fourth-order valence-electron chi connectivity index (χ4n) is 2.43. The molecule has 6 nitrogen and oxygen atoms in total. The molecule has 0 fully saturated rings. The fourth-order valence-corrected chi connectivity index (χ4v) is 2.43. The van der Waals surface area contributed by atoms with Crippen molar-refractivity contribution in [2.75, 3.05) is 6.54 Å². The number of aromatic nitrogens is 2. The molecule has 0 saturated heterocycles. The maximum absolute atomic E-state index is 12.0. The number of hydrogen-bond donors (Lipinski definition) is 2. The Bertz CT molecular complexity index is 758. The van der Waals surface area contributed by atoms with Gasteiger partial charge in [-0.05, 0) is 26.0 Å². The first kappa shape index (κ1) is 18.7. The Kier molecular flexibility index (Phi) is 5.62. The van der Waals surface area contributed by atoms with Crippen LogP contribution in [0.4, 0.5) is 0 Å². The number of rotatable bonds is 5. The molecule has 0 unspecified atom stereocenters. The van der Waals surface area contributed by atoms with E-state index in [2.05, 4.69) is 15.7 Å². The first-order valence-corrected chi connectivity index (χ1v) is 8.35. The van der Waals surface area contributed by atoms with Crippen LogP contribution in [0.5, 0.6) is 0 Å². The van der Waals surface area contributed by atoms with E-state index >= 15 is 0 Å². The predicted octanol–water partition coefficient (Wildman–Crippen LogP) is 2.27. The van der Waals surface area contributed by atoms with Gasteiger partial charge in [-0.15, -0.1) is 0 Å². The monoisotopic (exact) mass is 342 g/mol. The van der Waals surface area contributed by atoms with Crippen molar-refractivity contribution in [2.45, 2.75) is 41.2 Å². The van der Waals surface area contributed by atoms with E-state index in [1.54, 1.807) is 0 Å². The Balaban J connectivity index is 1.99. The maximum atomic E-state index is 12.0. The number of para-hydroxylation sites is 1. The third-order valence-electron chi connectivity index (χ3n) is 3.99. The summed E-state index contributed by atoms with van der Waals surface area (Å²) in [6, 6.07) is 9.87. The molecule has 2 amide bonds. The first-order chi connectivity index (χ1) is 11.7. The summed E-state index contributed by atoms with van der Waals surface area (Å²) in [6.07, 6.45) is 0. The number of aryl methyl sites for hydroxylation is 1. The Morgan fingerprint density at radius 3 is 2.32 bits per heavy atom. The van der Waals surface area contributed by atoms with E-state index in [-0.39, 0.29) is 18.4 Å². The van der Waals surface area contributed by atoms with Crippen LogP contribution in [0.3, 0.4) is 0 Å². The standard InChI is InChI=1S/C19H26N4O2/c1-13-16(11-20-17(24)12-21-18(25)19(3,4)5)14(2)23(22-13)15-9-7-6-8-10-15/h6-10H,11-12H2,1-5H3,(H,20,24)(H,21,25). The SMILES string of the molecule is Cc1nn(-c2ccccc2)c(C)c1CNC(=O)CNC(=O)C(C)(C)C. The molecule has 25 heavy (non-hydrogen) atoms. The molecule has 0 aliphatic carbocycles. The summed E-state index contributed by atoms with van der Waals surface area (Å²) in [5.41, 5.74) is 3.32. The van der Waals surface area contributed by atoms with Crippen molar-refractivity contribution in [1.29, 1.82) is 0 Å². The van der Waals surface area contributed by atoms with Gasteiger partial charge in [0.05, 0.1) is 17.9 Å². The number of nitrogens with zero attached hydrogens (tertiary/aromatic N) is 2. The topological polar surface area (TPSA) is 76.0 Å². The molecule has 0 aliphatic heterocycles. The molecule has 1 aromatic heterocycles. The number of carbonyl (C=O) groups excluding carboxylic acids is 2. The summed E-state index contributed by atoms with van der Waals surface area (Å²) in [5, 5.41) is 10.1. The molecule has 134 valence electrons. The minimum absolute atomic E-state index is 0.0268. The highest BCUT2D eigenvalue weighted by atomic mass is 16.2. The van der Waals surface area contributed by atoms with Gasteiger partial charge in [-0.2, -0.15) is 5.10 Å². The third-order valence-corrected chi connectivity index (χ3v) is 3.99. The molecule has 6 heteroatoms. The second-order valence-corrected chi connectivity index (χ2v) is 7.11. The molecule has 1 aromatic carbocycles. The molecule has 2 rings (SSSR count). The van der Waals surface area contributed by atoms with Gasteiger partial charge in [-0.1, -0.05) is 39.0 Å². The van der Waals surface area contributed by atoms with Crippen molar-refractivity contribution in [3.63, 3.8) is 0 Å². The molecule has 0 spiro atoms. The highest BCUT2D eigenvalue weighted by Gasteiger charge is 2.21. The Labute approximate surface area is 148 Å². The highest BCUT2D eigenvalue weighted by Crippen LogP contribution is 2.17. The highest BCUT2D eigenvalue weighted by molar-refractivity contribution is 5.87. The molecular weight excluding hydrogens is 316 g/mol. The lowest BCUT2D eigenvalue weighted by Crippen LogP contribution is -2.41. The van der Waals surface area contributed by atoms with Crippen molar-refractivity contribution in [3.8, 4) is 5.69 Å². The van der Waals surface area contributed by atoms with E-state index in [1.165, 1.54) is 0 Å². The lowest BCUT2D eigenvalue weighted by Gasteiger charge is -2.17. The molecule has 0 radical (unpaired) electrons. The smallest absolute Gasteiger partial charge is 0.239 e. The lowest BCUT2D eigenvalue weighted by atomic mass is 9.96. The number of benzene rings is 1. The predicted molar refractivity (Wildman–Crippen MR) is 97.3 cm³/mol. The fraction of sp³-hybridized carbons (Fsp3) is 0.421. The normalized spacial score (nSPS) is 11.2. The van der Waals surface area contributed by atoms with Gasteiger partial charge in [0.2, 0.25) is 11.8 Å². The molecule has 0 bridgehead atoms. The quantitative estimate of drug-likeness (QED) is 0.875. The zero-order valence-corrected chi connectivity index (χ0v) is 15.5. The molecule has 0 saturated carbocycles. The van der Waals surface area contributed by atoms with Gasteiger partial charge in [0.1, 0.15) is 0 Å². The van der Waals surface area contributed by atoms with E-state index in [4.69, 9.17) is 0 Å². The molecule has 0 aliphatic rings. The Morgan fingerprint density at radius 2 is 1.72 bits per heavy atom. The first-order valence-electron chi connectivity index (χ1n) is 8.35. The number of carbonyl (C=O) groups is 2. The third kappa shape index (κ3) is 4.68. The van der Waals surface area contributed by atoms with Crippen molar-refractivity contribution in [2.24, 2.45) is 5.41 Å². The van der Waals surface area contributed by atoms with Crippen LogP contribution >= 0.6 is 0 Å². The molecule has 0 atom stereocenters. The van der Waals surface area contributed by atoms with E-state index in [0.29, 0.717) is 6.54 Å². The summed E-state index contributed by atoms with van der Waals surface area (Å²) in [4.78, 5) is 23.8. The summed E-state index contributed by atoms with van der Waals surface area (Å²) in [7, 11) is 0. The van der Waals surface area contributed by atoms with E-state index < -0.39 is 5.41 Å². The van der Waals surface area contributed by atoms with Crippen molar-refractivity contribution >= 4 is 11.8 Å². The van der Waals surface area contributed by atoms with Gasteiger partial charge in [0, 0.05) is 23.2 Å². The number of nitrogens with one attached hydrogen (secondary N) is 2. The molecule has 2 aromatic rings. The zero-order chi connectivity index (χ0) is 18.6. The molecule has 1 heterocycles. The van der Waals surface area contributed by atoms with Crippen LogP contribution in [-0.4, -0.2) is 28.1 Å². The van der Waals surface area contributed by atoms with Crippen LogP contribution in [-0.2, 0) is 16.1 Å². The largest absolute Gasteiger partial charge is 0.350 e. The van der Waals surface area contributed by atoms with Crippen molar-refractivity contribution in [3.05, 3.63) is 47.3 Å². The maximum Gasteiger partial charge on any atom is 0.239 e. The van der Waals surface area contributed by atoms with Crippen LogP contribution in [0.2, 0.25) is 0 Å². The second kappa shape index (κ2) is 7.51. The van der Waals surface area contributed by atoms with Crippen LogP contribution in [0.25, 0.3) is 5.69 Å².